The van der Waals surface area contributed by atoms with Gasteiger partial charge in [0.05, 0.1) is 5.02 Å². The summed E-state index contributed by atoms with van der Waals surface area (Å²) < 4.78 is 11.3. The zero-order valence-electron chi connectivity index (χ0n) is 15.9. The van der Waals surface area contributed by atoms with Crippen molar-refractivity contribution in [3.8, 4) is 22.6 Å². The molecule has 0 unspecified atom stereocenters. The standard InChI is InChI=1S/C23H17Cl2NO4/c1-13-2-3-14(20-7-5-16(12-27)29-20)10-19(13)26-23(28)22-9-8-21(30-22)17-6-4-15(24)11-18(17)25/h2-11,27H,12H2,1H3,(H,26,28). The molecule has 2 heterocycles. The number of halogens is 2. The minimum absolute atomic E-state index is 0.154. The van der Waals surface area contributed by atoms with Crippen molar-refractivity contribution in [1.82, 2.24) is 0 Å². The fourth-order valence-electron chi connectivity index (χ4n) is 3.01. The SMILES string of the molecule is Cc1ccc(-c2ccc(CO)o2)cc1NC(=O)c1ccc(-c2ccc(Cl)cc2Cl)o1. The summed E-state index contributed by atoms with van der Waals surface area (Å²) in [6, 6.07) is 17.4. The minimum atomic E-state index is -0.387. The van der Waals surface area contributed by atoms with Crippen molar-refractivity contribution >= 4 is 34.8 Å². The van der Waals surface area contributed by atoms with Crippen LogP contribution in [0.5, 0.6) is 0 Å². The van der Waals surface area contributed by atoms with Gasteiger partial charge in [0.15, 0.2) is 5.76 Å². The smallest absolute Gasteiger partial charge is 0.291 e. The van der Waals surface area contributed by atoms with E-state index in [0.29, 0.717) is 38.6 Å². The number of benzene rings is 2. The molecule has 1 amide bonds. The highest BCUT2D eigenvalue weighted by Crippen LogP contribution is 2.32. The Morgan fingerprint density at radius 1 is 0.967 bits per heavy atom. The topological polar surface area (TPSA) is 75.6 Å². The van der Waals surface area contributed by atoms with Crippen molar-refractivity contribution in [3.05, 3.63) is 87.8 Å². The van der Waals surface area contributed by atoms with Gasteiger partial charge in [0, 0.05) is 21.8 Å². The van der Waals surface area contributed by atoms with Gasteiger partial charge in [0.25, 0.3) is 5.91 Å². The molecule has 0 aliphatic heterocycles. The molecule has 152 valence electrons. The van der Waals surface area contributed by atoms with Gasteiger partial charge in [-0.15, -0.1) is 0 Å². The number of carbonyl (C=O) groups excluding carboxylic acids is 1. The van der Waals surface area contributed by atoms with Crippen LogP contribution < -0.4 is 5.32 Å². The van der Waals surface area contributed by atoms with E-state index in [1.54, 1.807) is 42.5 Å². The van der Waals surface area contributed by atoms with Crippen LogP contribution in [0.3, 0.4) is 0 Å². The van der Waals surface area contributed by atoms with E-state index in [2.05, 4.69) is 5.32 Å². The number of aryl methyl sites for hydroxylation is 1. The lowest BCUT2D eigenvalue weighted by molar-refractivity contribution is 0.0997. The second-order valence-electron chi connectivity index (χ2n) is 6.70. The van der Waals surface area contributed by atoms with Crippen LogP contribution in [0, 0.1) is 6.92 Å². The Balaban J connectivity index is 1.57. The Hall–Kier alpha value is -2.99. The number of hydrogen-bond acceptors (Lipinski definition) is 4. The molecular weight excluding hydrogens is 425 g/mol. The zero-order valence-corrected chi connectivity index (χ0v) is 17.4. The molecule has 2 N–H and O–H groups in total. The number of anilines is 1. The number of furan rings is 2. The van der Waals surface area contributed by atoms with Crippen molar-refractivity contribution < 1.29 is 18.7 Å². The fourth-order valence-corrected chi connectivity index (χ4v) is 3.51. The summed E-state index contributed by atoms with van der Waals surface area (Å²) in [7, 11) is 0. The molecule has 2 aromatic carbocycles. The van der Waals surface area contributed by atoms with Gasteiger partial charge in [-0.1, -0.05) is 35.3 Å². The molecule has 5 nitrogen and oxygen atoms in total. The summed E-state index contributed by atoms with van der Waals surface area (Å²) in [6.07, 6.45) is 0. The number of carbonyl (C=O) groups is 1. The number of amides is 1. The van der Waals surface area contributed by atoms with Crippen LogP contribution >= 0.6 is 23.2 Å². The molecule has 30 heavy (non-hydrogen) atoms. The predicted octanol–water partition coefficient (Wildman–Crippen LogP) is 6.57. The third-order valence-electron chi connectivity index (χ3n) is 4.61. The first-order valence-electron chi connectivity index (χ1n) is 9.12. The van der Waals surface area contributed by atoms with Crippen molar-refractivity contribution in [1.29, 1.82) is 0 Å². The van der Waals surface area contributed by atoms with Crippen LogP contribution in [-0.2, 0) is 6.61 Å². The number of aliphatic hydroxyl groups excluding tert-OH is 1. The normalized spacial score (nSPS) is 10.9. The highest BCUT2D eigenvalue weighted by atomic mass is 35.5. The maximum atomic E-state index is 12.7. The summed E-state index contributed by atoms with van der Waals surface area (Å²) in [5.41, 5.74) is 2.94. The van der Waals surface area contributed by atoms with Crippen LogP contribution in [0.15, 0.2) is 69.5 Å². The van der Waals surface area contributed by atoms with Crippen LogP contribution in [0.1, 0.15) is 21.9 Å². The van der Waals surface area contributed by atoms with Crippen molar-refractivity contribution in [2.75, 3.05) is 5.32 Å². The molecule has 0 aliphatic carbocycles. The summed E-state index contributed by atoms with van der Waals surface area (Å²) in [5.74, 6) is 1.32. The summed E-state index contributed by atoms with van der Waals surface area (Å²) in [5, 5.41) is 13.0. The average molecular weight is 442 g/mol. The molecule has 0 bridgehead atoms. The van der Waals surface area contributed by atoms with Gasteiger partial charge in [-0.05, 0) is 61.0 Å². The highest BCUT2D eigenvalue weighted by Gasteiger charge is 2.16. The average Bonchev–Trinajstić information content (AvgIpc) is 3.39. The van der Waals surface area contributed by atoms with Gasteiger partial charge in [0.2, 0.25) is 0 Å². The Kier molecular flexibility index (Phi) is 5.68. The fraction of sp³-hybridized carbons (Fsp3) is 0.0870. The van der Waals surface area contributed by atoms with Crippen LogP contribution in [0.25, 0.3) is 22.6 Å². The monoisotopic (exact) mass is 441 g/mol. The van der Waals surface area contributed by atoms with Gasteiger partial charge in [-0.3, -0.25) is 4.79 Å². The lowest BCUT2D eigenvalue weighted by Gasteiger charge is -2.09. The maximum Gasteiger partial charge on any atom is 0.291 e. The second-order valence-corrected chi connectivity index (χ2v) is 7.54. The molecule has 0 spiro atoms. The molecule has 4 rings (SSSR count). The number of rotatable bonds is 5. The molecule has 7 heteroatoms. The van der Waals surface area contributed by atoms with Crippen LogP contribution in [0.4, 0.5) is 5.69 Å². The molecule has 0 aliphatic rings. The first kappa shape index (κ1) is 20.3. The molecule has 0 radical (unpaired) electrons. The molecule has 2 aromatic heterocycles. The Bertz CT molecular complexity index is 1230. The van der Waals surface area contributed by atoms with Gasteiger partial charge in [0.1, 0.15) is 23.9 Å². The van der Waals surface area contributed by atoms with Crippen molar-refractivity contribution in [2.24, 2.45) is 0 Å². The Labute approximate surface area is 182 Å². The molecule has 0 fully saturated rings. The van der Waals surface area contributed by atoms with Gasteiger partial charge in [-0.25, -0.2) is 0 Å². The van der Waals surface area contributed by atoms with Crippen LogP contribution in [0.2, 0.25) is 10.0 Å². The van der Waals surface area contributed by atoms with Gasteiger partial charge >= 0.3 is 0 Å². The van der Waals surface area contributed by atoms with E-state index >= 15 is 0 Å². The minimum Gasteiger partial charge on any atom is -0.459 e. The lowest BCUT2D eigenvalue weighted by Crippen LogP contribution is -2.11. The Morgan fingerprint density at radius 2 is 1.77 bits per heavy atom. The number of aliphatic hydroxyl groups is 1. The summed E-state index contributed by atoms with van der Waals surface area (Å²) >= 11 is 12.2. The van der Waals surface area contributed by atoms with E-state index in [-0.39, 0.29) is 18.3 Å². The van der Waals surface area contributed by atoms with Gasteiger partial charge in [-0.2, -0.15) is 0 Å². The van der Waals surface area contributed by atoms with E-state index in [1.807, 2.05) is 25.1 Å². The molecule has 4 aromatic rings. The largest absolute Gasteiger partial charge is 0.459 e. The van der Waals surface area contributed by atoms with E-state index in [1.165, 1.54) is 0 Å². The third-order valence-corrected chi connectivity index (χ3v) is 5.16. The van der Waals surface area contributed by atoms with Crippen LogP contribution in [-0.4, -0.2) is 11.0 Å². The van der Waals surface area contributed by atoms with E-state index in [0.717, 1.165) is 11.1 Å². The summed E-state index contributed by atoms with van der Waals surface area (Å²) in [4.78, 5) is 12.7. The first-order valence-corrected chi connectivity index (χ1v) is 9.87. The lowest BCUT2D eigenvalue weighted by atomic mass is 10.1. The van der Waals surface area contributed by atoms with E-state index < -0.39 is 0 Å². The van der Waals surface area contributed by atoms with E-state index in [4.69, 9.17) is 32.0 Å². The molecule has 0 atom stereocenters. The highest BCUT2D eigenvalue weighted by molar-refractivity contribution is 6.36. The summed E-state index contributed by atoms with van der Waals surface area (Å²) in [6.45, 7) is 1.72. The second kappa shape index (κ2) is 8.40. The van der Waals surface area contributed by atoms with E-state index in [9.17, 15) is 9.90 Å². The number of hydrogen-bond donors (Lipinski definition) is 2. The molecule has 0 saturated carbocycles. The predicted molar refractivity (Wildman–Crippen MR) is 117 cm³/mol. The van der Waals surface area contributed by atoms with Crippen molar-refractivity contribution in [2.45, 2.75) is 13.5 Å². The third kappa shape index (κ3) is 4.14. The van der Waals surface area contributed by atoms with Gasteiger partial charge < -0.3 is 19.3 Å². The zero-order chi connectivity index (χ0) is 21.3. The molecular formula is C23H17Cl2NO4. The molecule has 0 saturated heterocycles. The van der Waals surface area contributed by atoms with Crippen molar-refractivity contribution in [3.63, 3.8) is 0 Å². The quantitative estimate of drug-likeness (QED) is 0.367. The Morgan fingerprint density at radius 3 is 2.50 bits per heavy atom. The first-order chi connectivity index (χ1) is 14.4. The number of nitrogens with one attached hydrogen (secondary N) is 1. The maximum absolute atomic E-state index is 12.7.